The summed E-state index contributed by atoms with van der Waals surface area (Å²) >= 11 is 0. The minimum absolute atomic E-state index is 0.0211. The number of anilines is 2. The van der Waals surface area contributed by atoms with Gasteiger partial charge in [0.2, 0.25) is 11.8 Å². The Morgan fingerprint density at radius 2 is 1.78 bits per heavy atom. The van der Waals surface area contributed by atoms with Gasteiger partial charge in [0.1, 0.15) is 17.0 Å². The first-order valence-electron chi connectivity index (χ1n) is 11.5. The quantitative estimate of drug-likeness (QED) is 0.471. The summed E-state index contributed by atoms with van der Waals surface area (Å²) in [6, 6.07) is 13.8. The zero-order valence-corrected chi connectivity index (χ0v) is 20.9. The summed E-state index contributed by atoms with van der Waals surface area (Å²) in [6.07, 6.45) is 1.35. The molecule has 0 aliphatic carbocycles. The van der Waals surface area contributed by atoms with E-state index in [0.717, 1.165) is 5.56 Å². The number of fused-ring (bicyclic) bond motifs is 1. The summed E-state index contributed by atoms with van der Waals surface area (Å²) in [7, 11) is 2.75. The van der Waals surface area contributed by atoms with Crippen LogP contribution in [-0.2, 0) is 27.4 Å². The number of methoxy groups -OCH3 is 2. The second-order valence-electron chi connectivity index (χ2n) is 8.70. The average molecular weight is 506 g/mol. The predicted molar refractivity (Wildman–Crippen MR) is 134 cm³/mol. The second kappa shape index (κ2) is 10.1. The van der Waals surface area contributed by atoms with Crippen LogP contribution in [0.5, 0.6) is 5.75 Å². The molecule has 0 fully saturated rings. The molecular formula is C26H27N5O6. The van der Waals surface area contributed by atoms with Crippen molar-refractivity contribution < 1.29 is 28.7 Å². The highest BCUT2D eigenvalue weighted by Gasteiger charge is 2.49. The molecule has 37 heavy (non-hydrogen) atoms. The molecule has 2 heterocycles. The van der Waals surface area contributed by atoms with Crippen molar-refractivity contribution in [1.82, 2.24) is 14.9 Å². The fourth-order valence-corrected chi connectivity index (χ4v) is 4.39. The Balaban J connectivity index is 1.74. The van der Waals surface area contributed by atoms with Gasteiger partial charge in [0, 0.05) is 30.4 Å². The van der Waals surface area contributed by atoms with Crippen LogP contribution in [0.15, 0.2) is 54.9 Å². The molecular weight excluding hydrogens is 478 g/mol. The van der Waals surface area contributed by atoms with E-state index in [0.29, 0.717) is 17.1 Å². The minimum Gasteiger partial charge on any atom is -0.496 e. The fraction of sp³-hybridized carbons (Fsp3) is 0.269. The summed E-state index contributed by atoms with van der Waals surface area (Å²) in [5.74, 6) is -1.39. The molecule has 0 spiro atoms. The van der Waals surface area contributed by atoms with Crippen molar-refractivity contribution in [2.24, 2.45) is 0 Å². The maximum Gasteiger partial charge on any atom is 0.359 e. The Labute approximate surface area is 213 Å². The first-order valence-corrected chi connectivity index (χ1v) is 11.5. The van der Waals surface area contributed by atoms with E-state index in [1.54, 1.807) is 44.4 Å². The zero-order valence-electron chi connectivity index (χ0n) is 20.9. The van der Waals surface area contributed by atoms with Gasteiger partial charge in [-0.1, -0.05) is 18.2 Å². The number of rotatable bonds is 7. The molecule has 1 aromatic heterocycles. The van der Waals surface area contributed by atoms with Gasteiger partial charge in [-0.2, -0.15) is 0 Å². The van der Waals surface area contributed by atoms with Crippen molar-refractivity contribution >= 4 is 35.1 Å². The smallest absolute Gasteiger partial charge is 0.359 e. The van der Waals surface area contributed by atoms with Crippen LogP contribution in [0.3, 0.4) is 0 Å². The summed E-state index contributed by atoms with van der Waals surface area (Å²) < 4.78 is 11.7. The molecule has 0 saturated carbocycles. The van der Waals surface area contributed by atoms with Gasteiger partial charge in [0.05, 0.1) is 27.1 Å². The molecule has 192 valence electrons. The fourth-order valence-electron chi connectivity index (χ4n) is 4.39. The van der Waals surface area contributed by atoms with Crippen LogP contribution in [0, 0.1) is 0 Å². The van der Waals surface area contributed by atoms with E-state index in [1.165, 1.54) is 29.8 Å². The third kappa shape index (κ3) is 4.75. The SMILES string of the molecule is COC(=O)c1ncn2c1C(=O)N(c1ccc(NC(C)=O)cc1)[C@](C)(C(=O)NCc1ccccc1OC)C2. The minimum atomic E-state index is -1.39. The number of benzene rings is 2. The number of aromatic nitrogens is 2. The molecule has 11 nitrogen and oxygen atoms in total. The summed E-state index contributed by atoms with van der Waals surface area (Å²) in [5.41, 5.74) is 0.194. The summed E-state index contributed by atoms with van der Waals surface area (Å²) in [6.45, 7) is 3.24. The highest BCUT2D eigenvalue weighted by atomic mass is 16.5. The number of carbonyl (C=O) groups is 4. The predicted octanol–water partition coefficient (Wildman–Crippen LogP) is 2.37. The molecule has 1 atom stereocenters. The molecule has 0 radical (unpaired) electrons. The van der Waals surface area contributed by atoms with Crippen molar-refractivity contribution in [2.45, 2.75) is 32.5 Å². The molecule has 0 unspecified atom stereocenters. The lowest BCUT2D eigenvalue weighted by Crippen LogP contribution is -2.64. The lowest BCUT2D eigenvalue weighted by atomic mass is 9.93. The number of imidazole rings is 1. The number of ether oxygens (including phenoxy) is 2. The summed E-state index contributed by atoms with van der Waals surface area (Å²) in [4.78, 5) is 56.7. The molecule has 0 bridgehead atoms. The lowest BCUT2D eigenvalue weighted by molar-refractivity contribution is -0.126. The van der Waals surface area contributed by atoms with Gasteiger partial charge in [0.25, 0.3) is 5.91 Å². The van der Waals surface area contributed by atoms with Crippen molar-refractivity contribution in [1.29, 1.82) is 0 Å². The first kappa shape index (κ1) is 25.4. The molecule has 1 aliphatic heterocycles. The maximum atomic E-state index is 13.9. The Morgan fingerprint density at radius 1 is 1.08 bits per heavy atom. The van der Waals surface area contributed by atoms with E-state index in [1.807, 2.05) is 18.2 Å². The van der Waals surface area contributed by atoms with Crippen LogP contribution in [0.4, 0.5) is 11.4 Å². The van der Waals surface area contributed by atoms with Gasteiger partial charge in [-0.25, -0.2) is 9.78 Å². The van der Waals surface area contributed by atoms with Gasteiger partial charge >= 0.3 is 5.97 Å². The van der Waals surface area contributed by atoms with Gasteiger partial charge in [-0.15, -0.1) is 0 Å². The lowest BCUT2D eigenvalue weighted by Gasteiger charge is -2.43. The van der Waals surface area contributed by atoms with Crippen molar-refractivity contribution in [3.05, 3.63) is 71.8 Å². The van der Waals surface area contributed by atoms with Crippen LogP contribution in [0.1, 0.15) is 40.4 Å². The molecule has 11 heteroatoms. The summed E-state index contributed by atoms with van der Waals surface area (Å²) in [5, 5.41) is 5.59. The number of para-hydroxylation sites is 1. The average Bonchev–Trinajstić information content (AvgIpc) is 3.31. The number of amides is 3. The van der Waals surface area contributed by atoms with Crippen LogP contribution >= 0.6 is 0 Å². The number of hydrogen-bond acceptors (Lipinski definition) is 7. The van der Waals surface area contributed by atoms with Crippen molar-refractivity contribution in [3.63, 3.8) is 0 Å². The van der Waals surface area contributed by atoms with E-state index in [4.69, 9.17) is 9.47 Å². The monoisotopic (exact) mass is 505 g/mol. The van der Waals surface area contributed by atoms with Crippen LogP contribution in [-0.4, -0.2) is 53.0 Å². The Hall–Kier alpha value is -4.67. The normalized spacial score (nSPS) is 16.5. The van der Waals surface area contributed by atoms with Gasteiger partial charge < -0.3 is 24.7 Å². The molecule has 3 aromatic rings. The molecule has 1 aliphatic rings. The van der Waals surface area contributed by atoms with E-state index in [-0.39, 0.29) is 30.4 Å². The molecule has 2 aromatic carbocycles. The third-order valence-corrected chi connectivity index (χ3v) is 6.16. The number of carbonyl (C=O) groups excluding carboxylic acids is 4. The standard InChI is InChI=1S/C26H27N5O6/c1-16(32)29-18-9-11-19(12-10-18)31-23(33)22-21(24(34)37-4)28-15-30(22)14-26(31,2)25(35)27-13-17-7-5-6-8-20(17)36-3/h5-12,15H,13-14H2,1-4H3,(H,27,35)(H,29,32)/t26-/m0/s1. The highest BCUT2D eigenvalue weighted by molar-refractivity contribution is 6.15. The molecule has 3 amide bonds. The van der Waals surface area contributed by atoms with E-state index >= 15 is 0 Å². The molecule has 2 N–H and O–H groups in total. The van der Waals surface area contributed by atoms with Crippen LogP contribution < -0.4 is 20.3 Å². The Bertz CT molecular complexity index is 1370. The molecule has 0 saturated heterocycles. The molecule has 4 rings (SSSR count). The second-order valence-corrected chi connectivity index (χ2v) is 8.70. The van der Waals surface area contributed by atoms with Gasteiger partial charge in [-0.05, 0) is 37.3 Å². The topological polar surface area (TPSA) is 132 Å². The number of esters is 1. The zero-order chi connectivity index (χ0) is 26.7. The van der Waals surface area contributed by atoms with Crippen molar-refractivity contribution in [2.75, 3.05) is 24.4 Å². The largest absolute Gasteiger partial charge is 0.496 e. The Morgan fingerprint density at radius 3 is 2.43 bits per heavy atom. The number of nitrogens with zero attached hydrogens (tertiary/aromatic N) is 3. The highest BCUT2D eigenvalue weighted by Crippen LogP contribution is 2.34. The van der Waals surface area contributed by atoms with Gasteiger partial charge in [-0.3, -0.25) is 19.3 Å². The maximum absolute atomic E-state index is 13.9. The number of hydrogen-bond donors (Lipinski definition) is 2. The van der Waals surface area contributed by atoms with Crippen LogP contribution in [0.2, 0.25) is 0 Å². The van der Waals surface area contributed by atoms with Gasteiger partial charge in [0.15, 0.2) is 5.69 Å². The van der Waals surface area contributed by atoms with E-state index < -0.39 is 23.3 Å². The first-order chi connectivity index (χ1) is 17.7. The van der Waals surface area contributed by atoms with Crippen LogP contribution in [0.25, 0.3) is 0 Å². The van der Waals surface area contributed by atoms with E-state index in [9.17, 15) is 19.2 Å². The Kier molecular flexibility index (Phi) is 6.96. The van der Waals surface area contributed by atoms with Crippen molar-refractivity contribution in [3.8, 4) is 5.75 Å². The van der Waals surface area contributed by atoms with E-state index in [2.05, 4.69) is 15.6 Å². The third-order valence-electron chi connectivity index (χ3n) is 6.16. The number of nitrogens with one attached hydrogen (secondary N) is 2.